The maximum absolute atomic E-state index is 13.1. The number of aromatic nitrogens is 2. The number of para-hydroxylation sites is 1. The SMILES string of the molecule is CC(N)c1cnn(-c2ccccc2)c1C(F)(F)F. The molecule has 96 valence electrons. The quantitative estimate of drug-likeness (QED) is 0.896. The molecule has 1 aromatic heterocycles. The molecule has 0 radical (unpaired) electrons. The summed E-state index contributed by atoms with van der Waals surface area (Å²) in [4.78, 5) is 0. The van der Waals surface area contributed by atoms with E-state index in [2.05, 4.69) is 5.10 Å². The van der Waals surface area contributed by atoms with Crippen LogP contribution in [0.15, 0.2) is 36.5 Å². The first-order valence-electron chi connectivity index (χ1n) is 5.37. The molecule has 1 atom stereocenters. The molecular formula is C12H12F3N3. The third kappa shape index (κ3) is 2.24. The Bertz CT molecular complexity index is 529. The van der Waals surface area contributed by atoms with Gasteiger partial charge in [-0.25, -0.2) is 4.68 Å². The Hall–Kier alpha value is -1.82. The molecule has 1 unspecified atom stereocenters. The molecule has 6 heteroatoms. The molecule has 0 aliphatic carbocycles. The van der Waals surface area contributed by atoms with Crippen LogP contribution in [0.2, 0.25) is 0 Å². The topological polar surface area (TPSA) is 43.8 Å². The first-order chi connectivity index (χ1) is 8.41. The molecule has 0 bridgehead atoms. The third-order valence-electron chi connectivity index (χ3n) is 2.56. The monoisotopic (exact) mass is 255 g/mol. The summed E-state index contributed by atoms with van der Waals surface area (Å²) in [6.45, 7) is 1.50. The van der Waals surface area contributed by atoms with Crippen molar-refractivity contribution in [3.63, 3.8) is 0 Å². The molecule has 0 spiro atoms. The molecular weight excluding hydrogens is 243 g/mol. The van der Waals surface area contributed by atoms with E-state index in [0.29, 0.717) is 5.69 Å². The third-order valence-corrected chi connectivity index (χ3v) is 2.56. The average Bonchev–Trinajstić information content (AvgIpc) is 2.74. The van der Waals surface area contributed by atoms with E-state index < -0.39 is 17.9 Å². The Balaban J connectivity index is 2.63. The largest absolute Gasteiger partial charge is 0.433 e. The summed E-state index contributed by atoms with van der Waals surface area (Å²) in [6.07, 6.45) is -3.32. The van der Waals surface area contributed by atoms with Crippen LogP contribution in [-0.2, 0) is 6.18 Å². The first kappa shape index (κ1) is 12.6. The Morgan fingerprint density at radius 3 is 2.33 bits per heavy atom. The molecule has 2 N–H and O–H groups in total. The predicted molar refractivity (Wildman–Crippen MR) is 61.2 cm³/mol. The molecule has 2 rings (SSSR count). The average molecular weight is 255 g/mol. The van der Waals surface area contributed by atoms with Gasteiger partial charge in [-0.3, -0.25) is 0 Å². The number of halogens is 3. The normalized spacial score (nSPS) is 13.6. The highest BCUT2D eigenvalue weighted by molar-refractivity contribution is 5.37. The number of rotatable bonds is 2. The van der Waals surface area contributed by atoms with Gasteiger partial charge in [0.15, 0.2) is 5.69 Å². The Kier molecular flexibility index (Phi) is 3.13. The zero-order valence-electron chi connectivity index (χ0n) is 9.65. The first-order valence-corrected chi connectivity index (χ1v) is 5.37. The second-order valence-electron chi connectivity index (χ2n) is 3.98. The van der Waals surface area contributed by atoms with E-state index in [1.165, 1.54) is 13.1 Å². The van der Waals surface area contributed by atoms with Crippen molar-refractivity contribution in [1.82, 2.24) is 9.78 Å². The lowest BCUT2D eigenvalue weighted by atomic mass is 10.1. The van der Waals surface area contributed by atoms with Gasteiger partial charge in [-0.1, -0.05) is 18.2 Å². The fraction of sp³-hybridized carbons (Fsp3) is 0.250. The summed E-state index contributed by atoms with van der Waals surface area (Å²) in [5.41, 5.74) is 5.08. The van der Waals surface area contributed by atoms with Crippen LogP contribution in [0.25, 0.3) is 5.69 Å². The maximum atomic E-state index is 13.1. The van der Waals surface area contributed by atoms with E-state index in [0.717, 1.165) is 4.68 Å². The van der Waals surface area contributed by atoms with Gasteiger partial charge in [-0.2, -0.15) is 18.3 Å². The Labute approximate surface area is 102 Å². The second kappa shape index (κ2) is 4.45. The summed E-state index contributed by atoms with van der Waals surface area (Å²) < 4.78 is 40.1. The van der Waals surface area contributed by atoms with Gasteiger partial charge in [0.05, 0.1) is 11.9 Å². The minimum atomic E-state index is -4.49. The number of hydrogen-bond donors (Lipinski definition) is 1. The number of nitrogens with two attached hydrogens (primary N) is 1. The van der Waals surface area contributed by atoms with Gasteiger partial charge in [0.25, 0.3) is 0 Å². The Morgan fingerprint density at radius 2 is 1.83 bits per heavy atom. The van der Waals surface area contributed by atoms with Crippen LogP contribution >= 0.6 is 0 Å². The molecule has 0 aliphatic heterocycles. The zero-order chi connectivity index (χ0) is 13.3. The highest BCUT2D eigenvalue weighted by atomic mass is 19.4. The molecule has 18 heavy (non-hydrogen) atoms. The van der Waals surface area contributed by atoms with Crippen molar-refractivity contribution in [2.75, 3.05) is 0 Å². The molecule has 0 saturated carbocycles. The van der Waals surface area contributed by atoms with E-state index >= 15 is 0 Å². The molecule has 1 aromatic carbocycles. The van der Waals surface area contributed by atoms with E-state index in [-0.39, 0.29) is 5.56 Å². The van der Waals surface area contributed by atoms with E-state index in [9.17, 15) is 13.2 Å². The summed E-state index contributed by atoms with van der Waals surface area (Å²) in [6, 6.07) is 7.44. The smallest absolute Gasteiger partial charge is 0.324 e. The van der Waals surface area contributed by atoms with Crippen LogP contribution in [0.3, 0.4) is 0 Å². The summed E-state index contributed by atoms with van der Waals surface area (Å²) in [5.74, 6) is 0. The minimum absolute atomic E-state index is 0.00801. The summed E-state index contributed by atoms with van der Waals surface area (Å²) in [7, 11) is 0. The van der Waals surface area contributed by atoms with Gasteiger partial charge in [0.2, 0.25) is 0 Å². The van der Waals surface area contributed by atoms with Crippen molar-refractivity contribution in [3.8, 4) is 5.69 Å². The molecule has 0 aliphatic rings. The second-order valence-corrected chi connectivity index (χ2v) is 3.98. The lowest BCUT2D eigenvalue weighted by Gasteiger charge is -2.14. The highest BCUT2D eigenvalue weighted by Gasteiger charge is 2.39. The van der Waals surface area contributed by atoms with Crippen LogP contribution in [0, 0.1) is 0 Å². The maximum Gasteiger partial charge on any atom is 0.433 e. The van der Waals surface area contributed by atoms with Crippen molar-refractivity contribution in [2.45, 2.75) is 19.1 Å². The van der Waals surface area contributed by atoms with E-state index in [4.69, 9.17) is 5.73 Å². The van der Waals surface area contributed by atoms with Crippen LogP contribution < -0.4 is 5.73 Å². The van der Waals surface area contributed by atoms with E-state index in [1.807, 2.05) is 0 Å². The van der Waals surface area contributed by atoms with Crippen LogP contribution in [0.1, 0.15) is 24.2 Å². The van der Waals surface area contributed by atoms with Gasteiger partial charge in [0, 0.05) is 11.6 Å². The van der Waals surface area contributed by atoms with Crippen molar-refractivity contribution in [1.29, 1.82) is 0 Å². The number of nitrogens with zero attached hydrogens (tertiary/aromatic N) is 2. The van der Waals surface area contributed by atoms with Crippen LogP contribution in [-0.4, -0.2) is 9.78 Å². The minimum Gasteiger partial charge on any atom is -0.324 e. The van der Waals surface area contributed by atoms with Gasteiger partial charge in [-0.05, 0) is 19.1 Å². The number of benzene rings is 1. The fourth-order valence-electron chi connectivity index (χ4n) is 1.74. The number of alkyl halides is 3. The van der Waals surface area contributed by atoms with Gasteiger partial charge < -0.3 is 5.73 Å². The highest BCUT2D eigenvalue weighted by Crippen LogP contribution is 2.35. The van der Waals surface area contributed by atoms with Crippen LogP contribution in [0.4, 0.5) is 13.2 Å². The molecule has 1 heterocycles. The van der Waals surface area contributed by atoms with E-state index in [1.54, 1.807) is 30.3 Å². The van der Waals surface area contributed by atoms with Crippen molar-refractivity contribution in [3.05, 3.63) is 47.8 Å². The lowest BCUT2D eigenvalue weighted by Crippen LogP contribution is -2.18. The van der Waals surface area contributed by atoms with Crippen molar-refractivity contribution >= 4 is 0 Å². The number of hydrogen-bond acceptors (Lipinski definition) is 2. The Morgan fingerprint density at radius 1 is 1.22 bits per heavy atom. The molecule has 2 aromatic rings. The van der Waals surface area contributed by atoms with Gasteiger partial charge in [0.1, 0.15) is 0 Å². The predicted octanol–water partition coefficient (Wildman–Crippen LogP) is 2.91. The lowest BCUT2D eigenvalue weighted by molar-refractivity contribution is -0.143. The zero-order valence-corrected chi connectivity index (χ0v) is 9.65. The standard InChI is InChI=1S/C12H12F3N3/c1-8(16)10-7-17-18(11(10)12(13,14)15)9-5-3-2-4-6-9/h2-8H,16H2,1H3. The summed E-state index contributed by atoms with van der Waals surface area (Å²) in [5, 5.41) is 3.79. The molecule has 0 amide bonds. The van der Waals surface area contributed by atoms with Crippen molar-refractivity contribution < 1.29 is 13.2 Å². The van der Waals surface area contributed by atoms with Crippen LogP contribution in [0.5, 0.6) is 0 Å². The summed E-state index contributed by atoms with van der Waals surface area (Å²) >= 11 is 0. The van der Waals surface area contributed by atoms with Crippen molar-refractivity contribution in [2.24, 2.45) is 5.73 Å². The van der Waals surface area contributed by atoms with Gasteiger partial charge in [-0.15, -0.1) is 0 Å². The van der Waals surface area contributed by atoms with Gasteiger partial charge >= 0.3 is 6.18 Å². The molecule has 0 saturated heterocycles. The molecule has 3 nitrogen and oxygen atoms in total. The molecule has 0 fully saturated rings. The fourth-order valence-corrected chi connectivity index (χ4v) is 1.74.